The van der Waals surface area contributed by atoms with Crippen LogP contribution in [0, 0.1) is 0 Å². The number of carbonyl (C=O) groups is 2. The Bertz CT molecular complexity index is 759. The molecular weight excluding hydrogens is 316 g/mol. The van der Waals surface area contributed by atoms with E-state index in [-0.39, 0.29) is 5.92 Å². The third-order valence-electron chi connectivity index (χ3n) is 4.12. The topological polar surface area (TPSA) is 93.0 Å². The van der Waals surface area contributed by atoms with Gasteiger partial charge in [0.2, 0.25) is 5.13 Å². The Morgan fingerprint density at radius 1 is 1.30 bits per heavy atom. The average Bonchev–Trinajstić information content (AvgIpc) is 3.09. The number of hydrogen-bond donors (Lipinski definition) is 1. The number of nitrogens with one attached hydrogen (secondary N) is 1. The normalized spacial score (nSPS) is 17.9. The first-order valence-electron chi connectivity index (χ1n) is 7.53. The van der Waals surface area contributed by atoms with Gasteiger partial charge in [0.05, 0.1) is 5.69 Å². The lowest BCUT2D eigenvalue weighted by molar-refractivity contribution is -0.146. The first kappa shape index (κ1) is 14.3. The minimum absolute atomic E-state index is 0.205. The third-order valence-corrected chi connectivity index (χ3v) is 4.76. The van der Waals surface area contributed by atoms with Gasteiger partial charge >= 0.3 is 11.8 Å². The Kier molecular flexibility index (Phi) is 3.37. The van der Waals surface area contributed by atoms with E-state index in [2.05, 4.69) is 19.8 Å². The van der Waals surface area contributed by atoms with Gasteiger partial charge < -0.3 is 4.90 Å². The molecule has 1 saturated heterocycles. The van der Waals surface area contributed by atoms with Crippen molar-refractivity contribution < 1.29 is 9.59 Å². The number of carbonyl (C=O) groups excluding carboxylic acids is 2. The molecule has 2 aromatic heterocycles. The summed E-state index contributed by atoms with van der Waals surface area (Å²) in [5.74, 6) is 0.235. The molecule has 0 aromatic carbocycles. The molecule has 0 spiro atoms. The van der Waals surface area contributed by atoms with Crippen LogP contribution in [-0.4, -0.2) is 48.9 Å². The van der Waals surface area contributed by atoms with E-state index in [1.54, 1.807) is 4.68 Å². The molecular formula is C14H16N6O2S. The molecule has 2 amide bonds. The van der Waals surface area contributed by atoms with Gasteiger partial charge in [-0.2, -0.15) is 9.47 Å². The zero-order valence-electron chi connectivity index (χ0n) is 12.6. The molecule has 2 fully saturated rings. The molecule has 1 saturated carbocycles. The summed E-state index contributed by atoms with van der Waals surface area (Å²) >= 11 is 1.12. The van der Waals surface area contributed by atoms with Crippen LogP contribution in [0.1, 0.15) is 36.2 Å². The number of nitrogens with zero attached hydrogens (tertiary/aromatic N) is 5. The molecule has 0 bridgehead atoms. The molecule has 0 unspecified atom stereocenters. The van der Waals surface area contributed by atoms with E-state index < -0.39 is 11.8 Å². The first-order valence-corrected chi connectivity index (χ1v) is 8.31. The lowest BCUT2D eigenvalue weighted by Gasteiger charge is -2.37. The van der Waals surface area contributed by atoms with Crippen molar-refractivity contribution in [2.24, 2.45) is 7.05 Å². The van der Waals surface area contributed by atoms with Crippen molar-refractivity contribution >= 4 is 28.5 Å². The van der Waals surface area contributed by atoms with Crippen LogP contribution < -0.4 is 5.32 Å². The van der Waals surface area contributed by atoms with Crippen LogP contribution in [0.4, 0.5) is 5.13 Å². The van der Waals surface area contributed by atoms with Crippen LogP contribution in [0.15, 0.2) is 12.3 Å². The van der Waals surface area contributed by atoms with Crippen molar-refractivity contribution in [1.82, 2.24) is 24.0 Å². The minimum atomic E-state index is -0.650. The second kappa shape index (κ2) is 5.41. The van der Waals surface area contributed by atoms with E-state index in [1.165, 1.54) is 4.90 Å². The molecule has 23 heavy (non-hydrogen) atoms. The number of hydrogen-bond acceptors (Lipinski definition) is 6. The van der Waals surface area contributed by atoms with E-state index >= 15 is 0 Å². The zero-order chi connectivity index (χ0) is 16.0. The zero-order valence-corrected chi connectivity index (χ0v) is 13.4. The van der Waals surface area contributed by atoms with Crippen LogP contribution >= 0.6 is 11.5 Å². The summed E-state index contributed by atoms with van der Waals surface area (Å²) in [5.41, 5.74) is 0.954. The Morgan fingerprint density at radius 3 is 2.74 bits per heavy atom. The lowest BCUT2D eigenvalue weighted by atomic mass is 9.96. The highest BCUT2D eigenvalue weighted by Gasteiger charge is 2.36. The molecule has 0 atom stereocenters. The molecule has 120 valence electrons. The fourth-order valence-electron chi connectivity index (χ4n) is 2.57. The maximum absolute atomic E-state index is 12.1. The predicted molar refractivity (Wildman–Crippen MR) is 83.0 cm³/mol. The minimum Gasteiger partial charge on any atom is -0.333 e. The molecule has 1 aliphatic heterocycles. The third kappa shape index (κ3) is 2.83. The fourth-order valence-corrected chi connectivity index (χ4v) is 3.21. The number of aromatic nitrogens is 4. The van der Waals surface area contributed by atoms with Gasteiger partial charge in [0, 0.05) is 49.7 Å². The van der Waals surface area contributed by atoms with E-state index in [0.717, 1.165) is 35.9 Å². The smallest absolute Gasteiger partial charge is 0.315 e. The average molecular weight is 332 g/mol. The van der Waals surface area contributed by atoms with Crippen molar-refractivity contribution in [3.8, 4) is 0 Å². The Hall–Kier alpha value is -2.29. The van der Waals surface area contributed by atoms with Crippen LogP contribution in [-0.2, 0) is 16.6 Å². The molecule has 2 aromatic rings. The fraction of sp³-hybridized carbons (Fsp3) is 0.500. The van der Waals surface area contributed by atoms with E-state index in [1.807, 2.05) is 19.3 Å². The van der Waals surface area contributed by atoms with Crippen LogP contribution in [0.5, 0.6) is 0 Å². The Labute approximate surface area is 136 Å². The van der Waals surface area contributed by atoms with Gasteiger partial charge in [-0.15, -0.1) is 0 Å². The van der Waals surface area contributed by atoms with Crippen LogP contribution in [0.25, 0.3) is 0 Å². The number of anilines is 1. The SMILES string of the molecule is Cn1ccc(C2CN(C(=O)C(=O)Nc3nc(C4CC4)ns3)C2)n1. The Balaban J connectivity index is 1.31. The summed E-state index contributed by atoms with van der Waals surface area (Å²) < 4.78 is 5.94. The summed E-state index contributed by atoms with van der Waals surface area (Å²) in [7, 11) is 1.86. The molecule has 9 heteroatoms. The Morgan fingerprint density at radius 2 is 2.09 bits per heavy atom. The second-order valence-electron chi connectivity index (χ2n) is 6.01. The highest BCUT2D eigenvalue weighted by molar-refractivity contribution is 7.10. The summed E-state index contributed by atoms with van der Waals surface area (Å²) in [5, 5.41) is 7.27. The maximum Gasteiger partial charge on any atom is 0.315 e. The van der Waals surface area contributed by atoms with Gasteiger partial charge in [-0.1, -0.05) is 0 Å². The second-order valence-corrected chi connectivity index (χ2v) is 6.76. The van der Waals surface area contributed by atoms with Crippen LogP contribution in [0.3, 0.4) is 0 Å². The standard InChI is InChI=1S/C14H16N6O2S/c1-19-5-4-10(17-19)9-6-20(7-9)13(22)12(21)16-14-15-11(18-23-14)8-2-3-8/h4-5,8-9H,2-3,6-7H2,1H3,(H,15,16,18,21). The summed E-state index contributed by atoms with van der Waals surface area (Å²) in [6.07, 6.45) is 4.08. The summed E-state index contributed by atoms with van der Waals surface area (Å²) in [6.45, 7) is 1.04. The summed E-state index contributed by atoms with van der Waals surface area (Å²) in [6, 6.07) is 1.94. The number of likely N-dealkylation sites (tertiary alicyclic amines) is 1. The highest BCUT2D eigenvalue weighted by atomic mass is 32.1. The quantitative estimate of drug-likeness (QED) is 0.836. The molecule has 0 radical (unpaired) electrons. The molecule has 1 N–H and O–H groups in total. The van der Waals surface area contributed by atoms with Gasteiger partial charge in [0.1, 0.15) is 5.82 Å². The largest absolute Gasteiger partial charge is 0.333 e. The first-order chi connectivity index (χ1) is 11.1. The van der Waals surface area contributed by atoms with Crippen molar-refractivity contribution in [3.05, 3.63) is 23.8 Å². The van der Waals surface area contributed by atoms with Gasteiger partial charge in [-0.05, 0) is 18.9 Å². The molecule has 8 nitrogen and oxygen atoms in total. The number of aryl methyl sites for hydroxylation is 1. The monoisotopic (exact) mass is 332 g/mol. The number of amides is 2. The van der Waals surface area contributed by atoms with Crippen LogP contribution in [0.2, 0.25) is 0 Å². The lowest BCUT2D eigenvalue weighted by Crippen LogP contribution is -2.52. The van der Waals surface area contributed by atoms with Crippen molar-refractivity contribution in [2.75, 3.05) is 18.4 Å². The summed E-state index contributed by atoms with van der Waals surface area (Å²) in [4.78, 5) is 29.9. The van der Waals surface area contributed by atoms with Gasteiger partial charge in [-0.3, -0.25) is 19.6 Å². The van der Waals surface area contributed by atoms with E-state index in [9.17, 15) is 9.59 Å². The van der Waals surface area contributed by atoms with Crippen molar-refractivity contribution in [3.63, 3.8) is 0 Å². The maximum atomic E-state index is 12.1. The molecule has 4 rings (SSSR count). The molecule has 1 aliphatic carbocycles. The predicted octanol–water partition coefficient (Wildman–Crippen LogP) is 0.713. The molecule has 3 heterocycles. The van der Waals surface area contributed by atoms with Crippen molar-refractivity contribution in [1.29, 1.82) is 0 Å². The number of rotatable bonds is 3. The van der Waals surface area contributed by atoms with Crippen molar-refractivity contribution in [2.45, 2.75) is 24.7 Å². The van der Waals surface area contributed by atoms with Gasteiger partial charge in [-0.25, -0.2) is 4.98 Å². The van der Waals surface area contributed by atoms with E-state index in [4.69, 9.17) is 0 Å². The molecule has 2 aliphatic rings. The highest BCUT2D eigenvalue weighted by Crippen LogP contribution is 2.39. The van der Waals surface area contributed by atoms with Gasteiger partial charge in [0.25, 0.3) is 0 Å². The van der Waals surface area contributed by atoms with E-state index in [0.29, 0.717) is 24.1 Å². The van der Waals surface area contributed by atoms with Gasteiger partial charge in [0.15, 0.2) is 0 Å².